The van der Waals surface area contributed by atoms with Gasteiger partial charge in [0.05, 0.1) is 22.8 Å². The molecule has 0 saturated carbocycles. The molecule has 10 heteroatoms. The Morgan fingerprint density at radius 1 is 1.16 bits per heavy atom. The molecule has 0 radical (unpaired) electrons. The molecule has 1 aliphatic heterocycles. The van der Waals surface area contributed by atoms with Gasteiger partial charge in [0.1, 0.15) is 11.6 Å². The van der Waals surface area contributed by atoms with Gasteiger partial charge in [0.15, 0.2) is 0 Å². The lowest BCUT2D eigenvalue weighted by molar-refractivity contribution is -0.126. The normalized spacial score (nSPS) is 14.8. The number of hydrogen-bond acceptors (Lipinski definition) is 7. The number of anilines is 2. The lowest BCUT2D eigenvalue weighted by atomic mass is 9.94. The molecule has 188 valence electrons. The Morgan fingerprint density at radius 3 is 2.79 bits per heavy atom. The number of nitrogens with one attached hydrogen (secondary N) is 1. The Kier molecular flexibility index (Phi) is 6.70. The maximum atomic E-state index is 12.8. The smallest absolute Gasteiger partial charge is 0.298 e. The number of hydrogen-bond donors (Lipinski definition) is 2. The second-order valence-electron chi connectivity index (χ2n) is 8.85. The molecule has 0 aliphatic carbocycles. The highest BCUT2D eigenvalue weighted by Crippen LogP contribution is 2.34. The van der Waals surface area contributed by atoms with Crippen LogP contribution in [0.5, 0.6) is 0 Å². The zero-order valence-corrected chi connectivity index (χ0v) is 20.7. The fourth-order valence-electron chi connectivity index (χ4n) is 4.73. The number of rotatable bonds is 4. The number of piperidine rings is 1. The first-order valence-electron chi connectivity index (χ1n) is 12.1. The van der Waals surface area contributed by atoms with Gasteiger partial charge < -0.3 is 16.0 Å². The zero-order chi connectivity index (χ0) is 26.6. The highest BCUT2D eigenvalue weighted by atomic mass is 16.2. The monoisotopic (exact) mass is 504 g/mol. The van der Waals surface area contributed by atoms with Crippen molar-refractivity contribution >= 4 is 29.1 Å². The third kappa shape index (κ3) is 4.63. The first-order chi connectivity index (χ1) is 18.5. The fraction of sp³-hybridized carbons (Fsp3) is 0.214. The molecule has 1 aliphatic rings. The number of likely N-dealkylation sites (tertiary alicyclic amines) is 1. The average Bonchev–Trinajstić information content (AvgIpc) is 3.34. The SMILES string of the molecule is CC#CC(=O)N1CCCC(c2nc(-c3ccc(C(=O)Nc4ccccn4)cc3C#N)n3c(N)nccc23)C1. The van der Waals surface area contributed by atoms with Gasteiger partial charge in [-0.15, -0.1) is 0 Å². The van der Waals surface area contributed by atoms with Crippen molar-refractivity contribution in [3.63, 3.8) is 0 Å². The van der Waals surface area contributed by atoms with Crippen LogP contribution in [0, 0.1) is 23.2 Å². The first kappa shape index (κ1) is 24.5. The number of nitrogens with zero attached hydrogens (tertiary/aromatic N) is 6. The standard InChI is InChI=1S/C28H24N8O2/c1-2-6-24(37)35-14-5-7-19(17-35)25-22-11-13-32-28(30)36(22)26(34-25)21-10-9-18(15-20(21)16-29)27(38)33-23-8-3-4-12-31-23/h3-4,8-13,15,19H,5,7,14,17H2,1H3,(H2,30,32)(H,31,33,38). The molecule has 1 fully saturated rings. The molecule has 3 aromatic heterocycles. The van der Waals surface area contributed by atoms with E-state index in [1.54, 1.807) is 58.9 Å². The number of pyridine rings is 1. The number of nitrogen functional groups attached to an aromatic ring is 1. The lowest BCUT2D eigenvalue weighted by Crippen LogP contribution is -2.38. The van der Waals surface area contributed by atoms with E-state index in [-0.39, 0.29) is 29.2 Å². The second-order valence-corrected chi connectivity index (χ2v) is 8.85. The quantitative estimate of drug-likeness (QED) is 0.406. The van der Waals surface area contributed by atoms with Gasteiger partial charge in [0.2, 0.25) is 5.95 Å². The van der Waals surface area contributed by atoms with Crippen molar-refractivity contribution in [1.82, 2.24) is 24.3 Å². The number of amides is 2. The predicted octanol–water partition coefficient (Wildman–Crippen LogP) is 3.23. The van der Waals surface area contributed by atoms with Crippen molar-refractivity contribution in [2.24, 2.45) is 0 Å². The molecule has 10 nitrogen and oxygen atoms in total. The Labute approximate surface area is 219 Å². The van der Waals surface area contributed by atoms with Crippen LogP contribution in [0.15, 0.2) is 54.9 Å². The molecular formula is C28H24N8O2. The highest BCUT2D eigenvalue weighted by molar-refractivity contribution is 6.04. The molecule has 3 N–H and O–H groups in total. The second kappa shape index (κ2) is 10.4. The molecule has 1 saturated heterocycles. The van der Waals surface area contributed by atoms with E-state index in [0.717, 1.165) is 24.1 Å². The third-order valence-corrected chi connectivity index (χ3v) is 6.49. The van der Waals surface area contributed by atoms with E-state index in [1.165, 1.54) is 6.07 Å². The summed E-state index contributed by atoms with van der Waals surface area (Å²) in [5, 5.41) is 12.7. The molecule has 1 aromatic carbocycles. The third-order valence-electron chi connectivity index (χ3n) is 6.49. The van der Waals surface area contributed by atoms with Crippen LogP contribution in [0.4, 0.5) is 11.8 Å². The Hall–Kier alpha value is -5.22. The number of imidazole rings is 1. The van der Waals surface area contributed by atoms with Gasteiger partial charge in [-0.05, 0) is 62.1 Å². The minimum absolute atomic E-state index is 0.0362. The van der Waals surface area contributed by atoms with E-state index in [9.17, 15) is 14.9 Å². The van der Waals surface area contributed by atoms with Gasteiger partial charge in [-0.3, -0.25) is 14.0 Å². The maximum Gasteiger partial charge on any atom is 0.298 e. The van der Waals surface area contributed by atoms with Crippen molar-refractivity contribution in [1.29, 1.82) is 5.26 Å². The maximum absolute atomic E-state index is 12.8. The zero-order valence-electron chi connectivity index (χ0n) is 20.7. The molecule has 2 amide bonds. The lowest BCUT2D eigenvalue weighted by Gasteiger charge is -2.30. The van der Waals surface area contributed by atoms with Gasteiger partial charge >= 0.3 is 0 Å². The molecular weight excluding hydrogens is 480 g/mol. The molecule has 4 aromatic rings. The molecule has 0 spiro atoms. The molecule has 38 heavy (non-hydrogen) atoms. The van der Waals surface area contributed by atoms with Gasteiger partial charge in [-0.1, -0.05) is 12.0 Å². The van der Waals surface area contributed by atoms with Crippen LogP contribution >= 0.6 is 0 Å². The number of benzene rings is 1. The molecule has 0 bridgehead atoms. The Balaban J connectivity index is 1.54. The van der Waals surface area contributed by atoms with E-state index in [2.05, 4.69) is 33.2 Å². The van der Waals surface area contributed by atoms with Gasteiger partial charge in [-0.25, -0.2) is 15.0 Å². The van der Waals surface area contributed by atoms with Crippen LogP contribution in [0.3, 0.4) is 0 Å². The largest absolute Gasteiger partial charge is 0.369 e. The molecule has 5 rings (SSSR count). The van der Waals surface area contributed by atoms with E-state index >= 15 is 0 Å². The number of carbonyl (C=O) groups excluding carboxylic acids is 2. The number of nitriles is 1. The van der Waals surface area contributed by atoms with Crippen LogP contribution in [-0.2, 0) is 4.79 Å². The Morgan fingerprint density at radius 2 is 2.03 bits per heavy atom. The van der Waals surface area contributed by atoms with Crippen molar-refractivity contribution in [3.8, 4) is 29.3 Å². The number of aromatic nitrogens is 4. The van der Waals surface area contributed by atoms with E-state index in [1.807, 2.05) is 6.07 Å². The summed E-state index contributed by atoms with van der Waals surface area (Å²) in [6.07, 6.45) is 4.86. The number of nitrogens with two attached hydrogens (primary N) is 1. The summed E-state index contributed by atoms with van der Waals surface area (Å²) < 4.78 is 1.71. The number of fused-ring (bicyclic) bond motifs is 1. The summed E-state index contributed by atoms with van der Waals surface area (Å²) >= 11 is 0. The van der Waals surface area contributed by atoms with Crippen molar-refractivity contribution in [2.45, 2.75) is 25.7 Å². The topological polar surface area (TPSA) is 142 Å². The van der Waals surface area contributed by atoms with Gasteiger partial charge in [0.25, 0.3) is 11.8 Å². The van der Waals surface area contributed by atoms with Crippen LogP contribution < -0.4 is 11.1 Å². The fourth-order valence-corrected chi connectivity index (χ4v) is 4.73. The van der Waals surface area contributed by atoms with Crippen molar-refractivity contribution in [2.75, 3.05) is 24.1 Å². The van der Waals surface area contributed by atoms with Crippen LogP contribution in [0.25, 0.3) is 16.9 Å². The van der Waals surface area contributed by atoms with Crippen LogP contribution in [-0.4, -0.2) is 49.2 Å². The van der Waals surface area contributed by atoms with E-state index < -0.39 is 0 Å². The predicted molar refractivity (Wildman–Crippen MR) is 142 cm³/mol. The summed E-state index contributed by atoms with van der Waals surface area (Å²) in [4.78, 5) is 40.2. The number of carbonyl (C=O) groups is 2. The van der Waals surface area contributed by atoms with Crippen molar-refractivity contribution < 1.29 is 9.59 Å². The van der Waals surface area contributed by atoms with Crippen LogP contribution in [0.1, 0.15) is 47.3 Å². The molecule has 4 heterocycles. The minimum atomic E-state index is -0.385. The van der Waals surface area contributed by atoms with Gasteiger partial charge in [-0.2, -0.15) is 5.26 Å². The van der Waals surface area contributed by atoms with Crippen molar-refractivity contribution in [3.05, 3.63) is 71.7 Å². The summed E-state index contributed by atoms with van der Waals surface area (Å²) in [5.74, 6) is 5.75. The summed E-state index contributed by atoms with van der Waals surface area (Å²) in [5.41, 5.74) is 8.90. The average molecular weight is 505 g/mol. The first-order valence-corrected chi connectivity index (χ1v) is 12.1. The van der Waals surface area contributed by atoms with Crippen LogP contribution in [0.2, 0.25) is 0 Å². The summed E-state index contributed by atoms with van der Waals surface area (Å²) in [6, 6.07) is 14.1. The van der Waals surface area contributed by atoms with E-state index in [4.69, 9.17) is 10.7 Å². The van der Waals surface area contributed by atoms with E-state index in [0.29, 0.717) is 35.9 Å². The summed E-state index contributed by atoms with van der Waals surface area (Å²) in [7, 11) is 0. The molecule has 1 atom stereocenters. The Bertz CT molecular complexity index is 1640. The highest BCUT2D eigenvalue weighted by Gasteiger charge is 2.29. The molecule has 1 unspecified atom stereocenters. The summed E-state index contributed by atoms with van der Waals surface area (Å²) in [6.45, 7) is 2.77. The minimum Gasteiger partial charge on any atom is -0.369 e. The van der Waals surface area contributed by atoms with Gasteiger partial charge in [0, 0.05) is 42.5 Å².